The van der Waals surface area contributed by atoms with Crippen molar-refractivity contribution in [3.05, 3.63) is 41.2 Å². The maximum atomic E-state index is 13.0. The van der Waals surface area contributed by atoms with Crippen molar-refractivity contribution in [2.24, 2.45) is 10.8 Å². The fraction of sp³-hybridized carbons (Fsp3) is 0.692. The molecule has 3 aliphatic heterocycles. The van der Waals surface area contributed by atoms with Crippen LogP contribution in [-0.4, -0.2) is 80.2 Å². The van der Waals surface area contributed by atoms with Crippen molar-refractivity contribution >= 4 is 6.03 Å². The summed E-state index contributed by atoms with van der Waals surface area (Å²) in [4.78, 5) is 28.0. The predicted molar refractivity (Wildman–Crippen MR) is 127 cm³/mol. The summed E-state index contributed by atoms with van der Waals surface area (Å²) in [6.45, 7) is 5.63. The van der Waals surface area contributed by atoms with Crippen molar-refractivity contribution in [3.8, 4) is 0 Å². The van der Waals surface area contributed by atoms with Crippen molar-refractivity contribution in [1.29, 1.82) is 0 Å². The van der Waals surface area contributed by atoms with Crippen LogP contribution in [0.2, 0.25) is 0 Å². The number of alkyl halides is 3. The molecular weight excluding hydrogens is 483 g/mol. The zero-order valence-electron chi connectivity index (χ0n) is 20.8. The van der Waals surface area contributed by atoms with Crippen molar-refractivity contribution in [2.75, 3.05) is 39.3 Å². The fourth-order valence-electron chi connectivity index (χ4n) is 6.85. The van der Waals surface area contributed by atoms with E-state index in [0.717, 1.165) is 88.9 Å². The third-order valence-electron chi connectivity index (χ3n) is 9.31. The number of halogens is 3. The number of hydrogen-bond acceptors (Lipinski definition) is 5. The molecule has 7 rings (SSSR count). The van der Waals surface area contributed by atoms with E-state index in [4.69, 9.17) is 4.98 Å². The maximum absolute atomic E-state index is 13.0. The molecule has 0 unspecified atom stereocenters. The minimum atomic E-state index is -4.36. The van der Waals surface area contributed by atoms with Crippen LogP contribution in [0.25, 0.3) is 0 Å². The quantitative estimate of drug-likeness (QED) is 0.666. The molecule has 0 atom stereocenters. The number of pyridine rings is 1. The van der Waals surface area contributed by atoms with Gasteiger partial charge < -0.3 is 9.80 Å². The molecule has 3 saturated heterocycles. The van der Waals surface area contributed by atoms with Gasteiger partial charge in [0.25, 0.3) is 0 Å². The number of nitrogens with zero attached hydrogens (tertiary/aromatic N) is 6. The molecule has 1 N–H and O–H groups in total. The maximum Gasteiger partial charge on any atom is 0.417 e. The molecule has 11 heteroatoms. The van der Waals surface area contributed by atoms with E-state index in [1.807, 2.05) is 9.80 Å². The molecule has 2 aliphatic carbocycles. The normalized spacial score (nSPS) is 25.2. The number of aromatic amines is 1. The number of likely N-dealkylation sites (tertiary alicyclic amines) is 3. The lowest BCUT2D eigenvalue weighted by Crippen LogP contribution is -2.70. The average molecular weight is 516 g/mol. The Morgan fingerprint density at radius 2 is 1.68 bits per heavy atom. The number of carbonyl (C=O) groups is 1. The fourth-order valence-corrected chi connectivity index (χ4v) is 6.85. The minimum Gasteiger partial charge on any atom is -0.323 e. The molecule has 2 aromatic rings. The summed E-state index contributed by atoms with van der Waals surface area (Å²) in [5.74, 6) is 3.03. The molecule has 2 spiro atoms. The van der Waals surface area contributed by atoms with Gasteiger partial charge >= 0.3 is 12.2 Å². The zero-order chi connectivity index (χ0) is 25.4. The summed E-state index contributed by atoms with van der Waals surface area (Å²) >= 11 is 0. The van der Waals surface area contributed by atoms with Gasteiger partial charge in [-0.2, -0.15) is 18.3 Å². The molecule has 2 amide bonds. The van der Waals surface area contributed by atoms with Crippen LogP contribution in [0, 0.1) is 10.8 Å². The summed E-state index contributed by atoms with van der Waals surface area (Å²) in [7, 11) is 0. The standard InChI is InChI=1S/C26H32F3N7O/c27-26(28,29)19-3-4-20(30-11-19)12-34-7-5-24(6-8-34)13-35(14-24)23(37)36-15-25(16-36)9-18(10-25)22-31-21(32-33-22)17-1-2-17/h3-4,11,17-18H,1-2,5-10,12-16H2,(H,31,32,33). The molecule has 37 heavy (non-hydrogen) atoms. The van der Waals surface area contributed by atoms with Crippen LogP contribution in [0.15, 0.2) is 18.3 Å². The van der Waals surface area contributed by atoms with Gasteiger partial charge in [0, 0.05) is 61.6 Å². The van der Waals surface area contributed by atoms with Gasteiger partial charge in [-0.1, -0.05) is 0 Å². The first kappa shape index (κ1) is 23.4. The number of H-pyrrole nitrogens is 1. The highest BCUT2D eigenvalue weighted by atomic mass is 19.4. The molecule has 0 bridgehead atoms. The SMILES string of the molecule is O=C(N1CC2(CCN(Cc3ccc(C(F)(F)F)cn3)CC2)C1)N1CC2(CC(c3n[nH]c(C4CC4)n3)C2)C1. The summed E-state index contributed by atoms with van der Waals surface area (Å²) in [5.41, 5.74) is 0.400. The largest absolute Gasteiger partial charge is 0.417 e. The van der Waals surface area contributed by atoms with E-state index in [1.54, 1.807) is 0 Å². The van der Waals surface area contributed by atoms with Crippen LogP contribution in [0.5, 0.6) is 0 Å². The van der Waals surface area contributed by atoms with E-state index in [0.29, 0.717) is 24.1 Å². The van der Waals surface area contributed by atoms with Crippen molar-refractivity contribution in [3.63, 3.8) is 0 Å². The predicted octanol–water partition coefficient (Wildman–Crippen LogP) is 3.99. The van der Waals surface area contributed by atoms with Crippen LogP contribution >= 0.6 is 0 Å². The van der Waals surface area contributed by atoms with Gasteiger partial charge in [0.2, 0.25) is 0 Å². The Bertz CT molecular complexity index is 1160. The first-order valence-electron chi connectivity index (χ1n) is 13.4. The first-order chi connectivity index (χ1) is 17.7. The van der Waals surface area contributed by atoms with Gasteiger partial charge in [0.05, 0.1) is 11.3 Å². The number of rotatable bonds is 4. The van der Waals surface area contributed by atoms with Crippen LogP contribution in [0.3, 0.4) is 0 Å². The van der Waals surface area contributed by atoms with E-state index in [9.17, 15) is 18.0 Å². The Morgan fingerprint density at radius 1 is 1.00 bits per heavy atom. The topological polar surface area (TPSA) is 81.3 Å². The number of nitrogens with one attached hydrogen (secondary N) is 1. The van der Waals surface area contributed by atoms with Gasteiger partial charge in [-0.15, -0.1) is 0 Å². The molecule has 5 fully saturated rings. The lowest BCUT2D eigenvalue weighted by molar-refractivity contribution is -0.137. The van der Waals surface area contributed by atoms with Crippen LogP contribution < -0.4 is 0 Å². The van der Waals surface area contributed by atoms with E-state index >= 15 is 0 Å². The Hall–Kier alpha value is -2.69. The summed E-state index contributed by atoms with van der Waals surface area (Å²) in [5, 5.41) is 7.56. The molecule has 0 aromatic carbocycles. The second-order valence-electron chi connectivity index (χ2n) is 12.3. The number of amides is 2. The van der Waals surface area contributed by atoms with Gasteiger partial charge in [-0.05, 0) is 63.7 Å². The lowest BCUT2D eigenvalue weighted by Gasteiger charge is -2.61. The molecule has 0 radical (unpaired) electrons. The van der Waals surface area contributed by atoms with Crippen LogP contribution in [0.4, 0.5) is 18.0 Å². The molecule has 5 heterocycles. The van der Waals surface area contributed by atoms with Gasteiger partial charge in [0.15, 0.2) is 5.82 Å². The number of aromatic nitrogens is 4. The van der Waals surface area contributed by atoms with E-state index < -0.39 is 11.7 Å². The average Bonchev–Trinajstić information content (AvgIpc) is 3.53. The Morgan fingerprint density at radius 3 is 2.27 bits per heavy atom. The molecule has 5 aliphatic rings. The second-order valence-corrected chi connectivity index (χ2v) is 12.3. The van der Waals surface area contributed by atoms with Crippen LogP contribution in [0.1, 0.15) is 73.3 Å². The first-order valence-corrected chi connectivity index (χ1v) is 13.4. The Balaban J connectivity index is 0.838. The highest BCUT2D eigenvalue weighted by Gasteiger charge is 2.57. The van der Waals surface area contributed by atoms with E-state index in [2.05, 4.69) is 20.1 Å². The highest BCUT2D eigenvalue weighted by molar-refractivity contribution is 5.76. The third-order valence-corrected chi connectivity index (χ3v) is 9.31. The van der Waals surface area contributed by atoms with Crippen molar-refractivity contribution in [1.82, 2.24) is 34.9 Å². The molecular formula is C26H32F3N7O. The summed E-state index contributed by atoms with van der Waals surface area (Å²) < 4.78 is 38.2. The van der Waals surface area contributed by atoms with Crippen LogP contribution in [-0.2, 0) is 12.7 Å². The zero-order valence-corrected chi connectivity index (χ0v) is 20.8. The second kappa shape index (κ2) is 8.15. The van der Waals surface area contributed by atoms with Gasteiger partial charge in [0.1, 0.15) is 5.82 Å². The number of piperidine rings is 1. The Labute approximate surface area is 213 Å². The smallest absolute Gasteiger partial charge is 0.323 e. The van der Waals surface area contributed by atoms with E-state index in [-0.39, 0.29) is 16.9 Å². The number of urea groups is 1. The third kappa shape index (κ3) is 4.28. The van der Waals surface area contributed by atoms with Gasteiger partial charge in [-0.3, -0.25) is 15.0 Å². The summed E-state index contributed by atoms with van der Waals surface area (Å²) in [6, 6.07) is 2.74. The Kier molecular flexibility index (Phi) is 5.16. The number of hydrogen-bond donors (Lipinski definition) is 1. The van der Waals surface area contributed by atoms with Crippen molar-refractivity contribution < 1.29 is 18.0 Å². The van der Waals surface area contributed by atoms with E-state index in [1.165, 1.54) is 18.9 Å². The monoisotopic (exact) mass is 515 g/mol. The lowest BCUT2D eigenvalue weighted by atomic mass is 9.57. The number of carbonyl (C=O) groups excluding carboxylic acids is 1. The molecule has 8 nitrogen and oxygen atoms in total. The van der Waals surface area contributed by atoms with Gasteiger partial charge in [-0.25, -0.2) is 9.78 Å². The highest BCUT2D eigenvalue weighted by Crippen LogP contribution is 2.56. The summed E-state index contributed by atoms with van der Waals surface area (Å²) in [6.07, 6.45) is 3.15. The minimum absolute atomic E-state index is 0.171. The molecule has 198 valence electrons. The van der Waals surface area contributed by atoms with Crippen molar-refractivity contribution in [2.45, 2.75) is 63.1 Å². The molecule has 2 aromatic heterocycles. The molecule has 2 saturated carbocycles.